The molecule has 1 N–H and O–H groups in total. The third-order valence-corrected chi connectivity index (χ3v) is 6.70. The van der Waals surface area contributed by atoms with Crippen LogP contribution in [0, 0.1) is 5.41 Å². The van der Waals surface area contributed by atoms with Gasteiger partial charge in [0, 0.05) is 18.2 Å². The van der Waals surface area contributed by atoms with Gasteiger partial charge in [-0.05, 0) is 48.6 Å². The van der Waals surface area contributed by atoms with Gasteiger partial charge in [-0.1, -0.05) is 66.7 Å². The molecule has 5 nitrogen and oxygen atoms in total. The minimum atomic E-state index is -0.586. The van der Waals surface area contributed by atoms with Gasteiger partial charge in [-0.3, -0.25) is 9.59 Å². The number of benzene rings is 3. The minimum Gasteiger partial charge on any atom is -0.492 e. The van der Waals surface area contributed by atoms with Crippen molar-refractivity contribution < 1.29 is 14.3 Å². The van der Waals surface area contributed by atoms with Crippen molar-refractivity contribution in [2.45, 2.75) is 25.2 Å². The fourth-order valence-electron chi connectivity index (χ4n) is 4.83. The number of nitrogens with one attached hydrogen (secondary N) is 1. The Bertz CT molecular complexity index is 1130. The lowest BCUT2D eigenvalue weighted by molar-refractivity contribution is -0.128. The summed E-state index contributed by atoms with van der Waals surface area (Å²) in [5.41, 5.74) is 2.65. The van der Waals surface area contributed by atoms with E-state index in [-0.39, 0.29) is 24.3 Å². The van der Waals surface area contributed by atoms with Gasteiger partial charge in [0.25, 0.3) is 0 Å². The monoisotopic (exact) mass is 440 g/mol. The largest absolute Gasteiger partial charge is 0.492 e. The molecule has 1 aliphatic carbocycles. The molecular formula is C28H28N2O3. The highest BCUT2D eigenvalue weighted by Crippen LogP contribution is 2.65. The van der Waals surface area contributed by atoms with E-state index in [1.54, 1.807) is 4.90 Å². The summed E-state index contributed by atoms with van der Waals surface area (Å²) in [6.07, 6.45) is 2.52. The molecule has 2 aliphatic rings. The van der Waals surface area contributed by atoms with Gasteiger partial charge in [-0.25, -0.2) is 0 Å². The van der Waals surface area contributed by atoms with Gasteiger partial charge in [0.15, 0.2) is 0 Å². The zero-order valence-corrected chi connectivity index (χ0v) is 18.6. The summed E-state index contributed by atoms with van der Waals surface area (Å²) in [5, 5.41) is 2.99. The number of rotatable bonds is 9. The number of hydrogen-bond donors (Lipinski definition) is 1. The number of hydrogen-bond acceptors (Lipinski definition) is 3. The van der Waals surface area contributed by atoms with E-state index in [1.807, 2.05) is 66.7 Å². The third-order valence-electron chi connectivity index (χ3n) is 6.70. The number of para-hydroxylation sites is 2. The van der Waals surface area contributed by atoms with Crippen LogP contribution in [0.25, 0.3) is 0 Å². The van der Waals surface area contributed by atoms with Gasteiger partial charge in [0.2, 0.25) is 11.8 Å². The lowest BCUT2D eigenvalue weighted by atomic mass is 9.92. The smallest absolute Gasteiger partial charge is 0.240 e. The summed E-state index contributed by atoms with van der Waals surface area (Å²) in [6, 6.07) is 27.7. The average molecular weight is 441 g/mol. The SMILES string of the molecule is O=C(CN1C(=O)[C@@]2(COc3ccccc3)C[C@H]2c2ccccc21)NCCCc1ccccc1. The molecule has 0 aromatic heterocycles. The number of anilines is 1. The van der Waals surface area contributed by atoms with Crippen molar-refractivity contribution in [1.29, 1.82) is 0 Å². The molecule has 3 aromatic carbocycles. The molecule has 5 heteroatoms. The van der Waals surface area contributed by atoms with Crippen LogP contribution in [-0.4, -0.2) is 31.5 Å². The first kappa shape index (κ1) is 21.3. The summed E-state index contributed by atoms with van der Waals surface area (Å²) in [5.74, 6) is 0.757. The molecule has 0 unspecified atom stereocenters. The molecule has 0 spiro atoms. The van der Waals surface area contributed by atoms with Crippen molar-refractivity contribution in [3.8, 4) is 5.75 Å². The van der Waals surface area contributed by atoms with Crippen LogP contribution < -0.4 is 15.0 Å². The minimum absolute atomic E-state index is 0.0124. The van der Waals surface area contributed by atoms with Crippen molar-refractivity contribution in [2.24, 2.45) is 5.41 Å². The molecule has 0 bridgehead atoms. The van der Waals surface area contributed by atoms with Crippen LogP contribution in [-0.2, 0) is 16.0 Å². The lowest BCUT2D eigenvalue weighted by Crippen LogP contribution is -2.48. The second kappa shape index (κ2) is 9.10. The Kier molecular flexibility index (Phi) is 5.86. The molecule has 3 aromatic rings. The Morgan fingerprint density at radius 1 is 0.970 bits per heavy atom. The van der Waals surface area contributed by atoms with E-state index in [4.69, 9.17) is 4.74 Å². The summed E-state index contributed by atoms with van der Waals surface area (Å²) in [6.45, 7) is 0.938. The fourth-order valence-corrected chi connectivity index (χ4v) is 4.83. The van der Waals surface area contributed by atoms with E-state index in [1.165, 1.54) is 5.56 Å². The number of carbonyl (C=O) groups excluding carboxylic acids is 2. The third kappa shape index (κ3) is 4.36. The molecule has 1 saturated carbocycles. The van der Waals surface area contributed by atoms with Gasteiger partial charge in [-0.2, -0.15) is 0 Å². The lowest BCUT2D eigenvalue weighted by Gasteiger charge is -2.33. The van der Waals surface area contributed by atoms with Crippen molar-refractivity contribution >= 4 is 17.5 Å². The molecule has 5 rings (SSSR count). The van der Waals surface area contributed by atoms with Crippen LogP contribution in [0.3, 0.4) is 0 Å². The molecule has 1 fully saturated rings. The Morgan fingerprint density at radius 2 is 1.67 bits per heavy atom. The first-order valence-corrected chi connectivity index (χ1v) is 11.6. The molecule has 1 heterocycles. The van der Waals surface area contributed by atoms with Crippen LogP contribution in [0.4, 0.5) is 5.69 Å². The standard InChI is InChI=1S/C28H28N2O3/c31-26(29-17-9-12-21-10-3-1-4-11-21)19-30-25-16-8-7-15-23(25)24-18-28(24,27(30)32)20-33-22-13-5-2-6-14-22/h1-8,10-11,13-16,24H,9,12,17-20H2,(H,29,31)/t24-,28+/m0/s1. The Hall–Kier alpha value is -3.60. The maximum atomic E-state index is 13.6. The Labute approximate surface area is 194 Å². The van der Waals surface area contributed by atoms with Gasteiger partial charge in [-0.15, -0.1) is 0 Å². The number of carbonyl (C=O) groups is 2. The van der Waals surface area contributed by atoms with Crippen LogP contribution in [0.1, 0.15) is 29.9 Å². The van der Waals surface area contributed by atoms with Crippen molar-refractivity contribution in [1.82, 2.24) is 5.32 Å². The van der Waals surface area contributed by atoms with Crippen LogP contribution in [0.15, 0.2) is 84.9 Å². The molecule has 1 aliphatic heterocycles. The summed E-state index contributed by atoms with van der Waals surface area (Å²) in [4.78, 5) is 28.0. The zero-order chi connectivity index (χ0) is 22.7. The molecule has 2 amide bonds. The Morgan fingerprint density at radius 3 is 2.45 bits per heavy atom. The average Bonchev–Trinajstić information content (AvgIpc) is 3.61. The summed E-state index contributed by atoms with van der Waals surface area (Å²) >= 11 is 0. The number of amides is 2. The summed E-state index contributed by atoms with van der Waals surface area (Å²) < 4.78 is 6.00. The molecular weight excluding hydrogens is 412 g/mol. The van der Waals surface area contributed by atoms with Gasteiger partial charge in [0.05, 0.1) is 5.41 Å². The molecule has 2 atom stereocenters. The number of fused-ring (bicyclic) bond motifs is 3. The number of ether oxygens (including phenoxy) is 1. The first-order valence-electron chi connectivity index (χ1n) is 11.6. The quantitative estimate of drug-likeness (QED) is 0.504. The number of aryl methyl sites for hydroxylation is 1. The van der Waals surface area contributed by atoms with Gasteiger partial charge < -0.3 is 15.0 Å². The predicted molar refractivity (Wildman–Crippen MR) is 128 cm³/mol. The van der Waals surface area contributed by atoms with Crippen molar-refractivity contribution in [3.05, 3.63) is 96.1 Å². The molecule has 0 saturated heterocycles. The van der Waals surface area contributed by atoms with Crippen LogP contribution in [0.5, 0.6) is 5.75 Å². The molecule has 0 radical (unpaired) electrons. The maximum Gasteiger partial charge on any atom is 0.240 e. The maximum absolute atomic E-state index is 13.6. The van der Waals surface area contributed by atoms with E-state index in [2.05, 4.69) is 23.5 Å². The van der Waals surface area contributed by atoms with Crippen LogP contribution in [0.2, 0.25) is 0 Å². The van der Waals surface area contributed by atoms with E-state index >= 15 is 0 Å². The topological polar surface area (TPSA) is 58.6 Å². The molecule has 168 valence electrons. The highest BCUT2D eigenvalue weighted by Gasteiger charge is 2.66. The second-order valence-electron chi connectivity index (χ2n) is 8.90. The van der Waals surface area contributed by atoms with E-state index < -0.39 is 5.41 Å². The van der Waals surface area contributed by atoms with Crippen molar-refractivity contribution in [2.75, 3.05) is 24.6 Å². The van der Waals surface area contributed by atoms with Gasteiger partial charge in [0.1, 0.15) is 18.9 Å². The predicted octanol–water partition coefficient (Wildman–Crippen LogP) is 4.33. The van der Waals surface area contributed by atoms with E-state index in [0.29, 0.717) is 13.2 Å². The highest BCUT2D eigenvalue weighted by atomic mass is 16.5. The summed E-state index contributed by atoms with van der Waals surface area (Å²) in [7, 11) is 0. The fraction of sp³-hybridized carbons (Fsp3) is 0.286. The Balaban J connectivity index is 1.24. The first-order chi connectivity index (χ1) is 16.2. The van der Waals surface area contributed by atoms with E-state index in [9.17, 15) is 9.59 Å². The molecule has 33 heavy (non-hydrogen) atoms. The zero-order valence-electron chi connectivity index (χ0n) is 18.6. The number of nitrogens with zero attached hydrogens (tertiary/aromatic N) is 1. The van der Waals surface area contributed by atoms with Crippen LogP contribution >= 0.6 is 0 Å². The van der Waals surface area contributed by atoms with Crippen molar-refractivity contribution in [3.63, 3.8) is 0 Å². The van der Waals surface area contributed by atoms with E-state index in [0.717, 1.165) is 36.3 Å². The second-order valence-corrected chi connectivity index (χ2v) is 8.90. The normalized spacial score (nSPS) is 20.5. The van der Waals surface area contributed by atoms with Gasteiger partial charge >= 0.3 is 0 Å². The highest BCUT2D eigenvalue weighted by molar-refractivity contribution is 6.07.